The molecule has 106 valence electrons. The van der Waals surface area contributed by atoms with Crippen molar-refractivity contribution in [2.75, 3.05) is 0 Å². The van der Waals surface area contributed by atoms with Crippen molar-refractivity contribution in [2.24, 2.45) is 0 Å². The molecule has 1 aromatic carbocycles. The SMILES string of the molecule is O=S(=O)(Cc1ccccn1)c1nnc(-c2ccccc2)o1. The van der Waals surface area contributed by atoms with Crippen molar-refractivity contribution >= 4 is 9.84 Å². The molecule has 0 N–H and O–H groups in total. The van der Waals surface area contributed by atoms with E-state index in [4.69, 9.17) is 4.42 Å². The highest BCUT2D eigenvalue weighted by molar-refractivity contribution is 7.90. The van der Waals surface area contributed by atoms with Gasteiger partial charge in [0, 0.05) is 11.8 Å². The molecule has 3 aromatic rings. The van der Waals surface area contributed by atoms with Crippen molar-refractivity contribution < 1.29 is 12.8 Å². The van der Waals surface area contributed by atoms with Crippen LogP contribution in [0.25, 0.3) is 11.5 Å². The fourth-order valence-electron chi connectivity index (χ4n) is 1.77. The number of rotatable bonds is 4. The fraction of sp³-hybridized carbons (Fsp3) is 0.0714. The molecule has 0 bridgehead atoms. The summed E-state index contributed by atoms with van der Waals surface area (Å²) in [5.41, 5.74) is 1.10. The van der Waals surface area contributed by atoms with Crippen molar-refractivity contribution in [2.45, 2.75) is 11.0 Å². The van der Waals surface area contributed by atoms with E-state index in [9.17, 15) is 8.42 Å². The zero-order valence-corrected chi connectivity index (χ0v) is 11.7. The Morgan fingerprint density at radius 2 is 1.71 bits per heavy atom. The third-order valence-electron chi connectivity index (χ3n) is 2.76. The van der Waals surface area contributed by atoms with Gasteiger partial charge < -0.3 is 4.42 Å². The number of benzene rings is 1. The van der Waals surface area contributed by atoms with Crippen molar-refractivity contribution in [1.29, 1.82) is 0 Å². The van der Waals surface area contributed by atoms with Gasteiger partial charge in [0.15, 0.2) is 0 Å². The summed E-state index contributed by atoms with van der Waals surface area (Å²) in [5, 5.41) is 7.01. The van der Waals surface area contributed by atoms with E-state index < -0.39 is 15.1 Å². The molecule has 2 aromatic heterocycles. The summed E-state index contributed by atoms with van der Waals surface area (Å²) in [5.74, 6) is -0.0974. The molecule has 0 fully saturated rings. The van der Waals surface area contributed by atoms with Crippen LogP contribution in [0, 0.1) is 0 Å². The molecule has 0 atom stereocenters. The Bertz CT molecular complexity index is 830. The molecule has 0 aliphatic carbocycles. The van der Waals surface area contributed by atoms with E-state index in [0.29, 0.717) is 11.3 Å². The molecule has 2 heterocycles. The zero-order valence-electron chi connectivity index (χ0n) is 10.9. The normalized spacial score (nSPS) is 11.4. The Kier molecular flexibility index (Phi) is 3.49. The third-order valence-corrected chi connectivity index (χ3v) is 4.13. The predicted molar refractivity (Wildman–Crippen MR) is 74.9 cm³/mol. The molecule has 0 aliphatic heterocycles. The standard InChI is InChI=1S/C14H11N3O3S/c18-21(19,10-12-8-4-5-9-15-12)14-17-16-13(20-14)11-6-2-1-3-7-11/h1-9H,10H2. The molecule has 3 rings (SSSR count). The molecule has 0 amide bonds. The maximum absolute atomic E-state index is 12.2. The highest BCUT2D eigenvalue weighted by Crippen LogP contribution is 2.21. The molecule has 6 nitrogen and oxygen atoms in total. The Hall–Kier alpha value is -2.54. The van der Waals surface area contributed by atoms with Crippen LogP contribution in [-0.2, 0) is 15.6 Å². The van der Waals surface area contributed by atoms with Crippen LogP contribution in [0.3, 0.4) is 0 Å². The number of sulfone groups is 1. The first kappa shape index (κ1) is 13.4. The smallest absolute Gasteiger partial charge is 0.336 e. The summed E-state index contributed by atoms with van der Waals surface area (Å²) in [6.45, 7) is 0. The largest absolute Gasteiger partial charge is 0.408 e. The highest BCUT2D eigenvalue weighted by Gasteiger charge is 2.23. The molecule has 0 aliphatic rings. The molecule has 0 radical (unpaired) electrons. The van der Waals surface area contributed by atoms with Crippen LogP contribution in [0.2, 0.25) is 0 Å². The number of aromatic nitrogens is 3. The molecule has 0 spiro atoms. The first-order valence-electron chi connectivity index (χ1n) is 6.17. The summed E-state index contributed by atoms with van der Waals surface area (Å²) in [4.78, 5) is 3.99. The molecular formula is C14H11N3O3S. The van der Waals surface area contributed by atoms with E-state index in [-0.39, 0.29) is 11.6 Å². The minimum absolute atomic E-state index is 0.176. The van der Waals surface area contributed by atoms with Crippen molar-refractivity contribution in [3.05, 3.63) is 60.4 Å². The van der Waals surface area contributed by atoms with E-state index in [1.807, 2.05) is 18.2 Å². The van der Waals surface area contributed by atoms with Gasteiger partial charge in [-0.3, -0.25) is 4.98 Å². The van der Waals surface area contributed by atoms with Crippen LogP contribution < -0.4 is 0 Å². The summed E-state index contributed by atoms with van der Waals surface area (Å²) in [6, 6.07) is 14.1. The van der Waals surface area contributed by atoms with Gasteiger partial charge in [-0.25, -0.2) is 8.42 Å². The molecule has 7 heteroatoms. The van der Waals surface area contributed by atoms with Crippen molar-refractivity contribution in [1.82, 2.24) is 15.2 Å². The maximum atomic E-state index is 12.2. The third kappa shape index (κ3) is 2.97. The average molecular weight is 301 g/mol. The predicted octanol–water partition coefficient (Wildman–Crippen LogP) is 2.11. The number of hydrogen-bond donors (Lipinski definition) is 0. The lowest BCUT2D eigenvalue weighted by Gasteiger charge is -1.98. The van der Waals surface area contributed by atoms with Gasteiger partial charge in [0.1, 0.15) is 5.75 Å². The molecule has 0 saturated heterocycles. The van der Waals surface area contributed by atoms with Crippen molar-refractivity contribution in [3.63, 3.8) is 0 Å². The van der Waals surface area contributed by atoms with Crippen LogP contribution in [0.1, 0.15) is 5.69 Å². The van der Waals surface area contributed by atoms with Crippen molar-refractivity contribution in [3.8, 4) is 11.5 Å². The highest BCUT2D eigenvalue weighted by atomic mass is 32.2. The zero-order chi connectivity index (χ0) is 14.7. The Morgan fingerprint density at radius 1 is 0.952 bits per heavy atom. The summed E-state index contributed by atoms with van der Waals surface area (Å²) < 4.78 is 29.7. The Labute approximate surface area is 121 Å². The van der Waals surface area contributed by atoms with Gasteiger partial charge in [0.05, 0.1) is 5.69 Å². The Morgan fingerprint density at radius 3 is 2.43 bits per heavy atom. The van der Waals surface area contributed by atoms with Gasteiger partial charge in [0.2, 0.25) is 15.7 Å². The lowest BCUT2D eigenvalue weighted by Crippen LogP contribution is -2.06. The minimum atomic E-state index is -3.70. The van der Waals surface area contributed by atoms with Gasteiger partial charge in [-0.15, -0.1) is 5.10 Å². The second-order valence-corrected chi connectivity index (χ2v) is 6.19. The lowest BCUT2D eigenvalue weighted by atomic mass is 10.2. The fourth-order valence-corrected chi connectivity index (χ4v) is 2.83. The van der Waals surface area contributed by atoms with Crippen LogP contribution in [-0.4, -0.2) is 23.6 Å². The second-order valence-electron chi connectivity index (χ2n) is 4.32. The minimum Gasteiger partial charge on any atom is -0.408 e. The number of hydrogen-bond acceptors (Lipinski definition) is 6. The van der Waals surface area contributed by atoms with E-state index in [1.54, 1.807) is 30.3 Å². The molecule has 21 heavy (non-hydrogen) atoms. The van der Waals surface area contributed by atoms with Gasteiger partial charge in [-0.05, 0) is 24.3 Å². The quantitative estimate of drug-likeness (QED) is 0.733. The monoisotopic (exact) mass is 301 g/mol. The molecule has 0 saturated carbocycles. The average Bonchev–Trinajstić information content (AvgIpc) is 2.99. The first-order valence-corrected chi connectivity index (χ1v) is 7.82. The second kappa shape index (κ2) is 5.45. The lowest BCUT2D eigenvalue weighted by molar-refractivity contribution is 0.439. The number of pyridine rings is 1. The number of nitrogens with zero attached hydrogens (tertiary/aromatic N) is 3. The summed E-state index contributed by atoms with van der Waals surface area (Å²) >= 11 is 0. The van der Waals surface area contributed by atoms with Crippen LogP contribution in [0.5, 0.6) is 0 Å². The Balaban J connectivity index is 1.89. The van der Waals surface area contributed by atoms with Gasteiger partial charge in [-0.1, -0.05) is 29.4 Å². The van der Waals surface area contributed by atoms with E-state index in [0.717, 1.165) is 0 Å². The van der Waals surface area contributed by atoms with E-state index in [1.165, 1.54) is 6.20 Å². The first-order chi connectivity index (χ1) is 10.1. The van der Waals surface area contributed by atoms with E-state index in [2.05, 4.69) is 15.2 Å². The topological polar surface area (TPSA) is 86.0 Å². The van der Waals surface area contributed by atoms with Gasteiger partial charge in [-0.2, -0.15) is 0 Å². The summed E-state index contributed by atoms with van der Waals surface area (Å²) in [7, 11) is -3.70. The van der Waals surface area contributed by atoms with Crippen LogP contribution in [0.4, 0.5) is 0 Å². The van der Waals surface area contributed by atoms with Crippen LogP contribution in [0.15, 0.2) is 64.4 Å². The van der Waals surface area contributed by atoms with Gasteiger partial charge in [0.25, 0.3) is 0 Å². The molecular weight excluding hydrogens is 290 g/mol. The van der Waals surface area contributed by atoms with E-state index >= 15 is 0 Å². The summed E-state index contributed by atoms with van der Waals surface area (Å²) in [6.07, 6.45) is 1.54. The van der Waals surface area contributed by atoms with Gasteiger partial charge >= 0.3 is 5.22 Å². The maximum Gasteiger partial charge on any atom is 0.336 e. The molecule has 0 unspecified atom stereocenters. The van der Waals surface area contributed by atoms with Crippen LogP contribution >= 0.6 is 0 Å².